The normalized spacial score (nSPS) is 11.8. The molecule has 21 heavy (non-hydrogen) atoms. The van der Waals surface area contributed by atoms with E-state index in [0.717, 1.165) is 0 Å². The van der Waals surface area contributed by atoms with E-state index in [1.54, 1.807) is 24.3 Å². The number of carbonyl (C=O) groups excluding carboxylic acids is 1. The fourth-order valence-corrected chi connectivity index (χ4v) is 1.60. The number of ether oxygens (including phenoxy) is 1. The maximum absolute atomic E-state index is 12.0. The number of carboxylic acid groups (broad SMARTS) is 1. The Kier molecular flexibility index (Phi) is 6.46. The van der Waals surface area contributed by atoms with Crippen LogP contribution in [0.1, 0.15) is 30.6 Å². The molecule has 0 bridgehead atoms. The molecule has 0 saturated heterocycles. The molecule has 1 atom stereocenters. The summed E-state index contributed by atoms with van der Waals surface area (Å²) in [6, 6.07) is 5.64. The maximum atomic E-state index is 12.0. The minimum Gasteiger partial charge on any atom is -0.493 e. The summed E-state index contributed by atoms with van der Waals surface area (Å²) >= 11 is 0. The average molecular weight is 291 g/mol. The van der Waals surface area contributed by atoms with E-state index in [9.17, 15) is 9.59 Å². The predicted octanol–water partition coefficient (Wildman–Crippen LogP) is 2.48. The van der Waals surface area contributed by atoms with Crippen LogP contribution in [-0.4, -0.2) is 29.6 Å². The lowest BCUT2D eigenvalue weighted by Gasteiger charge is -2.13. The first-order chi connectivity index (χ1) is 9.93. The van der Waals surface area contributed by atoms with Gasteiger partial charge in [0.15, 0.2) is 0 Å². The van der Waals surface area contributed by atoms with Crippen molar-refractivity contribution in [2.75, 3.05) is 6.61 Å². The fraction of sp³-hybridized carbons (Fsp3) is 0.375. The van der Waals surface area contributed by atoms with Gasteiger partial charge in [0, 0.05) is 5.56 Å². The molecule has 0 aliphatic heterocycles. The van der Waals surface area contributed by atoms with Gasteiger partial charge in [0.25, 0.3) is 5.91 Å². The van der Waals surface area contributed by atoms with Gasteiger partial charge in [-0.1, -0.05) is 19.9 Å². The summed E-state index contributed by atoms with van der Waals surface area (Å²) in [5, 5.41) is 11.4. The molecule has 2 N–H and O–H groups in total. The van der Waals surface area contributed by atoms with Crippen LogP contribution < -0.4 is 10.1 Å². The SMILES string of the molecule is C=CCC(NC(=O)c1ccc(OCC(C)C)cc1)C(=O)O. The largest absolute Gasteiger partial charge is 0.493 e. The van der Waals surface area contributed by atoms with Gasteiger partial charge in [0.05, 0.1) is 6.61 Å². The maximum Gasteiger partial charge on any atom is 0.326 e. The molecule has 5 nitrogen and oxygen atoms in total. The third kappa shape index (κ3) is 5.69. The molecule has 1 amide bonds. The third-order valence-corrected chi connectivity index (χ3v) is 2.71. The van der Waals surface area contributed by atoms with Gasteiger partial charge >= 0.3 is 5.97 Å². The molecular formula is C16H21NO4. The molecule has 1 rings (SSSR count). The molecule has 0 saturated carbocycles. The molecule has 0 fully saturated rings. The van der Waals surface area contributed by atoms with Gasteiger partial charge < -0.3 is 15.2 Å². The average Bonchev–Trinajstić information content (AvgIpc) is 2.45. The second-order valence-corrected chi connectivity index (χ2v) is 5.12. The van der Waals surface area contributed by atoms with Crippen LogP contribution in [0.2, 0.25) is 0 Å². The first kappa shape index (κ1) is 16.8. The molecule has 5 heteroatoms. The molecule has 1 unspecified atom stereocenters. The molecule has 114 valence electrons. The Morgan fingerprint density at radius 2 is 1.95 bits per heavy atom. The van der Waals surface area contributed by atoms with Gasteiger partial charge in [-0.25, -0.2) is 4.79 Å². The fourth-order valence-electron chi connectivity index (χ4n) is 1.60. The molecule has 0 heterocycles. The highest BCUT2D eigenvalue weighted by Crippen LogP contribution is 2.13. The first-order valence-corrected chi connectivity index (χ1v) is 6.81. The molecule has 1 aromatic carbocycles. The molecule has 0 aliphatic rings. The number of benzene rings is 1. The van der Waals surface area contributed by atoms with Crippen molar-refractivity contribution in [3.05, 3.63) is 42.5 Å². The number of hydrogen-bond donors (Lipinski definition) is 2. The van der Waals surface area contributed by atoms with E-state index >= 15 is 0 Å². The summed E-state index contributed by atoms with van der Waals surface area (Å²) in [7, 11) is 0. The smallest absolute Gasteiger partial charge is 0.326 e. The standard InChI is InChI=1S/C16H21NO4/c1-4-5-14(16(19)20)17-15(18)12-6-8-13(9-7-12)21-10-11(2)3/h4,6-9,11,14H,1,5,10H2,2-3H3,(H,17,18)(H,19,20). The number of hydrogen-bond acceptors (Lipinski definition) is 3. The Labute approximate surface area is 124 Å². The van der Waals surface area contributed by atoms with Gasteiger partial charge in [-0.2, -0.15) is 0 Å². The number of aliphatic carboxylic acids is 1. The zero-order valence-corrected chi connectivity index (χ0v) is 12.3. The van der Waals surface area contributed by atoms with Crippen LogP contribution in [0.5, 0.6) is 5.75 Å². The Morgan fingerprint density at radius 1 is 1.33 bits per heavy atom. The van der Waals surface area contributed by atoms with Crippen molar-refractivity contribution in [1.29, 1.82) is 0 Å². The molecular weight excluding hydrogens is 270 g/mol. The Morgan fingerprint density at radius 3 is 2.43 bits per heavy atom. The van der Waals surface area contributed by atoms with Crippen LogP contribution >= 0.6 is 0 Å². The predicted molar refractivity (Wildman–Crippen MR) is 80.5 cm³/mol. The van der Waals surface area contributed by atoms with E-state index in [1.807, 2.05) is 13.8 Å². The van der Waals surface area contributed by atoms with Gasteiger partial charge in [-0.05, 0) is 36.6 Å². The van der Waals surface area contributed by atoms with Crippen molar-refractivity contribution in [3.63, 3.8) is 0 Å². The summed E-state index contributed by atoms with van der Waals surface area (Å²) in [4.78, 5) is 22.9. The van der Waals surface area contributed by atoms with Crippen molar-refractivity contribution in [1.82, 2.24) is 5.32 Å². The van der Waals surface area contributed by atoms with Crippen molar-refractivity contribution in [2.24, 2.45) is 5.92 Å². The topological polar surface area (TPSA) is 75.6 Å². The minimum atomic E-state index is -1.08. The number of rotatable bonds is 8. The Balaban J connectivity index is 2.65. The molecule has 0 radical (unpaired) electrons. The molecule has 0 spiro atoms. The summed E-state index contributed by atoms with van der Waals surface area (Å²) < 4.78 is 5.52. The van der Waals surface area contributed by atoms with Crippen molar-refractivity contribution < 1.29 is 19.4 Å². The molecule has 0 aliphatic carbocycles. The number of carboxylic acids is 1. The summed E-state index contributed by atoms with van der Waals surface area (Å²) in [5.41, 5.74) is 0.391. The lowest BCUT2D eigenvalue weighted by molar-refractivity contribution is -0.139. The zero-order valence-electron chi connectivity index (χ0n) is 12.3. The lowest BCUT2D eigenvalue weighted by atomic mass is 10.1. The van der Waals surface area contributed by atoms with E-state index in [-0.39, 0.29) is 6.42 Å². The summed E-state index contributed by atoms with van der Waals surface area (Å²) in [5.74, 6) is -0.413. The van der Waals surface area contributed by atoms with E-state index in [2.05, 4.69) is 11.9 Å². The highest BCUT2D eigenvalue weighted by Gasteiger charge is 2.19. The van der Waals surface area contributed by atoms with Gasteiger partial charge in [0.1, 0.15) is 11.8 Å². The molecule has 1 aromatic rings. The highest BCUT2D eigenvalue weighted by molar-refractivity contribution is 5.96. The van der Waals surface area contributed by atoms with Crippen LogP contribution in [0.15, 0.2) is 36.9 Å². The van der Waals surface area contributed by atoms with Gasteiger partial charge in [-0.3, -0.25) is 4.79 Å². The number of carbonyl (C=O) groups is 2. The Hall–Kier alpha value is -2.30. The lowest BCUT2D eigenvalue weighted by Crippen LogP contribution is -2.40. The van der Waals surface area contributed by atoms with Crippen molar-refractivity contribution >= 4 is 11.9 Å². The zero-order chi connectivity index (χ0) is 15.8. The van der Waals surface area contributed by atoms with Crippen LogP contribution in [0, 0.1) is 5.92 Å². The Bertz CT molecular complexity index is 494. The summed E-state index contributed by atoms with van der Waals surface area (Å²) in [6.07, 6.45) is 1.64. The number of nitrogens with one attached hydrogen (secondary N) is 1. The number of amides is 1. The molecule has 0 aromatic heterocycles. The van der Waals surface area contributed by atoms with Crippen LogP contribution in [0.4, 0.5) is 0 Å². The van der Waals surface area contributed by atoms with Gasteiger partial charge in [0.2, 0.25) is 0 Å². The first-order valence-electron chi connectivity index (χ1n) is 6.81. The van der Waals surface area contributed by atoms with Crippen molar-refractivity contribution in [2.45, 2.75) is 26.3 Å². The monoisotopic (exact) mass is 291 g/mol. The van der Waals surface area contributed by atoms with E-state index in [1.165, 1.54) is 6.08 Å². The van der Waals surface area contributed by atoms with Crippen LogP contribution in [0.25, 0.3) is 0 Å². The van der Waals surface area contributed by atoms with Crippen molar-refractivity contribution in [3.8, 4) is 5.75 Å². The quantitative estimate of drug-likeness (QED) is 0.721. The van der Waals surface area contributed by atoms with Crippen LogP contribution in [-0.2, 0) is 4.79 Å². The summed E-state index contributed by atoms with van der Waals surface area (Å²) in [6.45, 7) is 8.18. The highest BCUT2D eigenvalue weighted by atomic mass is 16.5. The van der Waals surface area contributed by atoms with Gasteiger partial charge in [-0.15, -0.1) is 6.58 Å². The second-order valence-electron chi connectivity index (χ2n) is 5.12. The third-order valence-electron chi connectivity index (χ3n) is 2.71. The van der Waals surface area contributed by atoms with E-state index < -0.39 is 17.9 Å². The van der Waals surface area contributed by atoms with E-state index in [0.29, 0.717) is 23.8 Å². The van der Waals surface area contributed by atoms with Crippen LogP contribution in [0.3, 0.4) is 0 Å². The van der Waals surface area contributed by atoms with E-state index in [4.69, 9.17) is 9.84 Å². The minimum absolute atomic E-state index is 0.177. The second kappa shape index (κ2) is 8.09.